The van der Waals surface area contributed by atoms with E-state index < -0.39 is 0 Å². The lowest BCUT2D eigenvalue weighted by Gasteiger charge is -2.23. The van der Waals surface area contributed by atoms with Crippen molar-refractivity contribution >= 4 is 17.2 Å². The van der Waals surface area contributed by atoms with Gasteiger partial charge in [0.05, 0.1) is 0 Å². The fraction of sp³-hybridized carbons (Fsp3) is 0.333. The van der Waals surface area contributed by atoms with E-state index in [1.165, 1.54) is 4.88 Å². The zero-order valence-corrected chi connectivity index (χ0v) is 12.6. The molecule has 2 heterocycles. The summed E-state index contributed by atoms with van der Waals surface area (Å²) in [4.78, 5) is 19.6. The number of amides is 1. The van der Waals surface area contributed by atoms with E-state index in [1.807, 2.05) is 37.2 Å². The smallest absolute Gasteiger partial charge is 0.242 e. The molecule has 0 aliphatic carbocycles. The van der Waals surface area contributed by atoms with Crippen LogP contribution in [0.15, 0.2) is 42.0 Å². The van der Waals surface area contributed by atoms with E-state index in [9.17, 15) is 4.79 Å². The highest BCUT2D eigenvalue weighted by molar-refractivity contribution is 7.09. The summed E-state index contributed by atoms with van der Waals surface area (Å²) in [6.45, 7) is 0.657. The first-order valence-corrected chi connectivity index (χ1v) is 7.43. The first kappa shape index (κ1) is 14.7. The molecule has 0 aromatic carbocycles. The highest BCUT2D eigenvalue weighted by atomic mass is 32.1. The van der Waals surface area contributed by atoms with Crippen molar-refractivity contribution in [3.63, 3.8) is 0 Å². The second-order valence-corrected chi connectivity index (χ2v) is 5.81. The fourth-order valence-corrected chi connectivity index (χ4v) is 2.79. The van der Waals surface area contributed by atoms with Gasteiger partial charge in [0.1, 0.15) is 6.04 Å². The quantitative estimate of drug-likeness (QED) is 0.886. The number of hydrogen-bond acceptors (Lipinski definition) is 4. The van der Waals surface area contributed by atoms with Crippen molar-refractivity contribution in [3.8, 4) is 0 Å². The Labute approximate surface area is 123 Å². The number of aromatic nitrogens is 1. The molecule has 20 heavy (non-hydrogen) atoms. The molecule has 2 aromatic rings. The SMILES string of the molecule is CN(C)C(C(=O)NCCc1cccs1)c1cccnc1. The Bertz CT molecular complexity index is 525. The number of rotatable bonds is 6. The zero-order chi connectivity index (χ0) is 14.4. The molecule has 5 heteroatoms. The number of carbonyl (C=O) groups is 1. The summed E-state index contributed by atoms with van der Waals surface area (Å²) in [6, 6.07) is 7.59. The second-order valence-electron chi connectivity index (χ2n) is 4.77. The van der Waals surface area contributed by atoms with Gasteiger partial charge >= 0.3 is 0 Å². The summed E-state index contributed by atoms with van der Waals surface area (Å²) in [5, 5.41) is 5.05. The van der Waals surface area contributed by atoms with Crippen molar-refractivity contribution in [2.24, 2.45) is 0 Å². The van der Waals surface area contributed by atoms with Gasteiger partial charge in [-0.2, -0.15) is 0 Å². The molecule has 0 saturated heterocycles. The Balaban J connectivity index is 1.94. The number of carbonyl (C=O) groups excluding carboxylic acids is 1. The largest absolute Gasteiger partial charge is 0.354 e. The molecule has 2 rings (SSSR count). The van der Waals surface area contributed by atoms with Crippen molar-refractivity contribution in [1.82, 2.24) is 15.2 Å². The minimum atomic E-state index is -0.299. The molecule has 2 aromatic heterocycles. The molecule has 0 saturated carbocycles. The molecular weight excluding hydrogens is 270 g/mol. The molecular formula is C15H19N3OS. The van der Waals surface area contributed by atoms with Gasteiger partial charge in [0.15, 0.2) is 0 Å². The number of likely N-dealkylation sites (N-methyl/N-ethyl adjacent to an activating group) is 1. The van der Waals surface area contributed by atoms with Crippen LogP contribution in [-0.2, 0) is 11.2 Å². The maximum absolute atomic E-state index is 12.3. The molecule has 106 valence electrons. The third-order valence-electron chi connectivity index (χ3n) is 3.02. The molecule has 4 nitrogen and oxygen atoms in total. The van der Waals surface area contributed by atoms with Crippen LogP contribution in [0.4, 0.5) is 0 Å². The minimum Gasteiger partial charge on any atom is -0.354 e. The maximum Gasteiger partial charge on any atom is 0.242 e. The van der Waals surface area contributed by atoms with Crippen LogP contribution in [0.2, 0.25) is 0 Å². The topological polar surface area (TPSA) is 45.2 Å². The molecule has 0 fully saturated rings. The molecule has 1 N–H and O–H groups in total. The zero-order valence-electron chi connectivity index (χ0n) is 11.7. The lowest BCUT2D eigenvalue weighted by atomic mass is 10.1. The van der Waals surface area contributed by atoms with Gasteiger partial charge in [-0.15, -0.1) is 11.3 Å². The second kappa shape index (κ2) is 7.17. The summed E-state index contributed by atoms with van der Waals surface area (Å²) in [5.74, 6) is 0.0135. The van der Waals surface area contributed by atoms with Gasteiger partial charge in [0.25, 0.3) is 0 Å². The number of thiophene rings is 1. The van der Waals surface area contributed by atoms with Gasteiger partial charge in [-0.1, -0.05) is 12.1 Å². The Hall–Kier alpha value is -1.72. The molecule has 1 atom stereocenters. The summed E-state index contributed by atoms with van der Waals surface area (Å²) in [6.07, 6.45) is 4.32. The van der Waals surface area contributed by atoms with Crippen molar-refractivity contribution in [2.45, 2.75) is 12.5 Å². The molecule has 0 radical (unpaired) electrons. The van der Waals surface area contributed by atoms with Crippen LogP contribution in [0.3, 0.4) is 0 Å². The lowest BCUT2D eigenvalue weighted by molar-refractivity contribution is -0.125. The molecule has 1 amide bonds. The van der Waals surface area contributed by atoms with Crippen LogP contribution in [0.25, 0.3) is 0 Å². The van der Waals surface area contributed by atoms with Gasteiger partial charge in [0, 0.05) is 23.8 Å². The van der Waals surface area contributed by atoms with E-state index >= 15 is 0 Å². The van der Waals surface area contributed by atoms with Crippen LogP contribution < -0.4 is 5.32 Å². The first-order valence-electron chi connectivity index (χ1n) is 6.55. The van der Waals surface area contributed by atoms with E-state index in [4.69, 9.17) is 0 Å². The Morgan fingerprint density at radius 1 is 1.40 bits per heavy atom. The average Bonchev–Trinajstić information content (AvgIpc) is 2.93. The summed E-state index contributed by atoms with van der Waals surface area (Å²) in [5.41, 5.74) is 0.908. The number of nitrogens with zero attached hydrogens (tertiary/aromatic N) is 2. The van der Waals surface area contributed by atoms with Gasteiger partial charge in [-0.3, -0.25) is 14.7 Å². The predicted molar refractivity (Wildman–Crippen MR) is 81.7 cm³/mol. The lowest BCUT2D eigenvalue weighted by Crippen LogP contribution is -2.37. The van der Waals surface area contributed by atoms with Gasteiger partial charge in [-0.25, -0.2) is 0 Å². The average molecular weight is 289 g/mol. The Morgan fingerprint density at radius 3 is 2.85 bits per heavy atom. The monoisotopic (exact) mass is 289 g/mol. The van der Waals surface area contributed by atoms with Crippen LogP contribution in [0, 0.1) is 0 Å². The number of nitrogens with one attached hydrogen (secondary N) is 1. The summed E-state index contributed by atoms with van der Waals surface area (Å²) >= 11 is 1.71. The van der Waals surface area contributed by atoms with Crippen LogP contribution in [0.5, 0.6) is 0 Å². The van der Waals surface area contributed by atoms with Gasteiger partial charge in [0.2, 0.25) is 5.91 Å². The van der Waals surface area contributed by atoms with E-state index in [1.54, 1.807) is 23.7 Å². The van der Waals surface area contributed by atoms with E-state index in [2.05, 4.69) is 21.7 Å². The van der Waals surface area contributed by atoms with E-state index in [0.29, 0.717) is 6.54 Å². The van der Waals surface area contributed by atoms with Crippen molar-refractivity contribution < 1.29 is 4.79 Å². The van der Waals surface area contributed by atoms with Crippen LogP contribution in [0.1, 0.15) is 16.5 Å². The Kier molecular flexibility index (Phi) is 5.26. The molecule has 1 unspecified atom stereocenters. The summed E-state index contributed by atoms with van der Waals surface area (Å²) in [7, 11) is 3.80. The molecule has 0 aliphatic rings. The predicted octanol–water partition coefficient (Wildman–Crippen LogP) is 2.10. The van der Waals surface area contributed by atoms with Crippen molar-refractivity contribution in [1.29, 1.82) is 0 Å². The van der Waals surface area contributed by atoms with Gasteiger partial charge in [-0.05, 0) is 43.6 Å². The van der Waals surface area contributed by atoms with Crippen LogP contribution >= 0.6 is 11.3 Å². The molecule has 0 spiro atoms. The van der Waals surface area contributed by atoms with Crippen LogP contribution in [-0.4, -0.2) is 36.4 Å². The fourth-order valence-electron chi connectivity index (χ4n) is 2.08. The standard InChI is InChI=1S/C15H19N3OS/c1-18(2)14(12-5-3-8-16-11-12)15(19)17-9-7-13-6-4-10-20-13/h3-6,8,10-11,14H,7,9H2,1-2H3,(H,17,19). The van der Waals surface area contributed by atoms with Crippen molar-refractivity contribution in [3.05, 3.63) is 52.5 Å². The molecule has 0 aliphatic heterocycles. The van der Waals surface area contributed by atoms with E-state index in [0.717, 1.165) is 12.0 Å². The first-order chi connectivity index (χ1) is 9.68. The normalized spacial score (nSPS) is 12.3. The highest BCUT2D eigenvalue weighted by Crippen LogP contribution is 2.17. The van der Waals surface area contributed by atoms with Crippen molar-refractivity contribution in [2.75, 3.05) is 20.6 Å². The third kappa shape index (κ3) is 3.88. The number of pyridine rings is 1. The third-order valence-corrected chi connectivity index (χ3v) is 3.95. The summed E-state index contributed by atoms with van der Waals surface area (Å²) < 4.78 is 0. The number of hydrogen-bond donors (Lipinski definition) is 1. The Morgan fingerprint density at radius 2 is 2.25 bits per heavy atom. The highest BCUT2D eigenvalue weighted by Gasteiger charge is 2.22. The van der Waals surface area contributed by atoms with Gasteiger partial charge < -0.3 is 5.32 Å². The maximum atomic E-state index is 12.3. The molecule has 0 bridgehead atoms. The van der Waals surface area contributed by atoms with E-state index in [-0.39, 0.29) is 11.9 Å². The minimum absolute atomic E-state index is 0.0135.